The monoisotopic (exact) mass is 485 g/mol. The summed E-state index contributed by atoms with van der Waals surface area (Å²) in [5, 5.41) is 11.0. The van der Waals surface area contributed by atoms with Crippen molar-refractivity contribution in [2.75, 3.05) is 0 Å². The topological polar surface area (TPSA) is 76.1 Å². The fraction of sp³-hybridized carbons (Fsp3) is 1.00. The molecule has 0 aromatic carbocycles. The average Bonchev–Trinajstić information content (AvgIpc) is 2.07. The molecule has 0 atom stereocenters. The first kappa shape index (κ1) is 33.3. The summed E-state index contributed by atoms with van der Waals surface area (Å²) in [7, 11) is -4.89. The molecule has 0 saturated carbocycles. The largest absolute Gasteiger partial charge is 0.439 e. The Morgan fingerprint density at radius 1 is 0.667 bits per heavy atom. The highest BCUT2D eigenvalue weighted by molar-refractivity contribution is 6.88. The lowest BCUT2D eigenvalue weighted by atomic mass is 11.8. The molecule has 0 unspecified atom stereocenters. The molecule has 6 N–H and O–H groups in total. The Kier molecular flexibility index (Phi) is 21.9. The number of hydrogen-bond donors (Lipinski definition) is 4. The molecule has 0 spiro atoms. The lowest BCUT2D eigenvalue weighted by Crippen LogP contribution is -2.55. The molecule has 24 heavy (non-hydrogen) atoms. The van der Waals surface area contributed by atoms with E-state index in [2.05, 4.69) is 98.9 Å². The number of rotatable bonds is 4. The quantitative estimate of drug-likeness (QED) is 0.362. The van der Waals surface area contributed by atoms with Gasteiger partial charge in [0, 0.05) is 11.1 Å². The Balaban J connectivity index is -0.000000129. The van der Waals surface area contributed by atoms with Crippen LogP contribution in [0, 0.1) is 11.1 Å². The molecule has 0 aromatic rings. The summed E-state index contributed by atoms with van der Waals surface area (Å²) >= 11 is 9.25. The third-order valence-electron chi connectivity index (χ3n) is 1.24. The van der Waals surface area contributed by atoms with Crippen molar-refractivity contribution in [3.63, 3.8) is 0 Å². The molecule has 0 aliphatic heterocycles. The van der Waals surface area contributed by atoms with Crippen LogP contribution in [0.15, 0.2) is 0 Å². The minimum absolute atomic E-state index is 0.174. The summed E-state index contributed by atoms with van der Waals surface area (Å²) in [5.74, 6) is 0. The molecule has 152 valence electrons. The summed E-state index contributed by atoms with van der Waals surface area (Å²) in [6.45, 7) is 26.7. The molecule has 4 nitrogen and oxygen atoms in total. The van der Waals surface area contributed by atoms with Gasteiger partial charge in [0.2, 0.25) is 0 Å². The zero-order valence-electron chi connectivity index (χ0n) is 18.4. The third kappa shape index (κ3) is 130. The maximum Gasteiger partial charge on any atom is 0.439 e. The minimum atomic E-state index is -1.11. The van der Waals surface area contributed by atoms with E-state index in [0.717, 1.165) is 0 Å². The fourth-order valence-electron chi connectivity index (χ4n) is 0.575. The lowest BCUT2D eigenvalue weighted by Gasteiger charge is -2.23. The zero-order chi connectivity index (χ0) is 20.8. The van der Waals surface area contributed by atoms with E-state index in [4.69, 9.17) is 21.9 Å². The highest BCUT2D eigenvalue weighted by Gasteiger charge is 2.15. The second-order valence-corrected chi connectivity index (χ2v) is 34.4. The Morgan fingerprint density at radius 3 is 0.875 bits per heavy atom. The van der Waals surface area contributed by atoms with Gasteiger partial charge in [-0.25, -0.2) is 0 Å². The van der Waals surface area contributed by atoms with Crippen LogP contribution in [0.4, 0.5) is 0 Å². The van der Waals surface area contributed by atoms with E-state index in [1.807, 2.05) is 0 Å². The van der Waals surface area contributed by atoms with E-state index in [1.54, 1.807) is 0 Å². The van der Waals surface area contributed by atoms with Crippen molar-refractivity contribution in [3.05, 3.63) is 0 Å². The average molecular weight is 487 g/mol. The molecule has 0 bridgehead atoms. The van der Waals surface area contributed by atoms with Crippen molar-refractivity contribution in [3.8, 4) is 0 Å². The minimum Gasteiger partial charge on any atom is -0.353 e. The van der Waals surface area contributed by atoms with Crippen LogP contribution >= 0.6 is 11.1 Å². The van der Waals surface area contributed by atoms with Gasteiger partial charge in [-0.05, 0) is 0 Å². The first-order valence-corrected chi connectivity index (χ1v) is 28.4. The van der Waals surface area contributed by atoms with Crippen LogP contribution in [-0.4, -0.2) is 50.9 Å². The molecule has 0 rings (SSSR count). The standard InChI is InChI=1S/C6H22N2Si3.2C3H11NSi.Cl2H3Si/c1-10(2,3)7-9-8-11(4,5)6;2*1-5(2,3)4;1-3-2/h7-8H,9H2,1-6H3;2*4H2,1-3H3;1H,3H2/q;;;+1. The highest BCUT2D eigenvalue weighted by atomic mass is 35.7. The second kappa shape index (κ2) is 15.7. The number of hydrogen-bond acceptors (Lipinski definition) is 4. The van der Waals surface area contributed by atoms with Crippen molar-refractivity contribution in [2.24, 2.45) is 10.8 Å². The van der Waals surface area contributed by atoms with Crippen molar-refractivity contribution in [1.82, 2.24) is 9.30 Å². The van der Waals surface area contributed by atoms with Crippen LogP contribution in [0.5, 0.6) is 0 Å². The molecular weight excluding hydrogens is 440 g/mol. The Hall–Kier alpha value is 1.72. The van der Waals surface area contributed by atoms with Crippen LogP contribution in [0.25, 0.3) is 0 Å². The van der Waals surface area contributed by atoms with Crippen molar-refractivity contribution < 1.29 is 11.1 Å². The first-order valence-electron chi connectivity index (χ1n) is 8.34. The van der Waals surface area contributed by atoms with Gasteiger partial charge in [0.05, 0.1) is 0 Å². The van der Waals surface area contributed by atoms with Gasteiger partial charge in [-0.2, -0.15) is 0 Å². The molecule has 0 aliphatic carbocycles. The first-order chi connectivity index (χ1) is 10.1. The van der Waals surface area contributed by atoms with Crippen LogP contribution in [-0.2, 0) is 0 Å². The Bertz CT molecular complexity index is 235. The van der Waals surface area contributed by atoms with Gasteiger partial charge in [0.15, 0.2) is 9.84 Å². The summed E-state index contributed by atoms with van der Waals surface area (Å²) in [6.07, 6.45) is 0. The summed E-state index contributed by atoms with van der Waals surface area (Å²) in [6, 6.07) is 0. The normalized spacial score (nSPS) is 12.5. The van der Waals surface area contributed by atoms with E-state index in [1.165, 1.54) is 0 Å². The summed E-state index contributed by atoms with van der Waals surface area (Å²) < 4.78 is 7.36. The molecule has 0 aromatic heterocycles. The van der Waals surface area contributed by atoms with Gasteiger partial charge in [0.25, 0.3) is 0 Å². The van der Waals surface area contributed by atoms with E-state index >= 15 is 0 Å². The van der Waals surface area contributed by atoms with E-state index in [0.29, 0.717) is 0 Å². The van der Waals surface area contributed by atoms with Crippen molar-refractivity contribution in [1.29, 1.82) is 0 Å². The van der Waals surface area contributed by atoms with Crippen LogP contribution < -0.4 is 20.1 Å². The van der Waals surface area contributed by atoms with E-state index < -0.39 is 41.1 Å². The summed E-state index contributed by atoms with van der Waals surface area (Å²) in [5.41, 5.74) is 0. The predicted molar refractivity (Wildman–Crippen MR) is 132 cm³/mol. The molecule has 0 amide bonds. The molecule has 0 saturated heterocycles. The summed E-state index contributed by atoms with van der Waals surface area (Å²) in [4.78, 5) is 0. The predicted octanol–water partition coefficient (Wildman–Crippen LogP) is 1.90. The molecule has 0 radical (unpaired) electrons. The molecular formula is C12H47Cl2N4Si6+. The maximum atomic E-state index is 5.49. The van der Waals surface area contributed by atoms with Crippen LogP contribution in [0.1, 0.15) is 0 Å². The van der Waals surface area contributed by atoms with Gasteiger partial charge in [-0.3, -0.25) is 0 Å². The van der Waals surface area contributed by atoms with Gasteiger partial charge in [0.1, 0.15) is 32.9 Å². The number of halogens is 2. The second-order valence-electron chi connectivity index (χ2n) is 9.87. The Morgan fingerprint density at radius 2 is 0.792 bits per heavy atom. The SMILES string of the molecule is C[Si](C)(C)N.C[Si](C)(C)N.C[Si](C)(C)N[SiH2]N[Si](C)(C)C.Cl[SiH2][ClH+]. The fourth-order valence-corrected chi connectivity index (χ4v) is 5.97. The van der Waals surface area contributed by atoms with E-state index in [9.17, 15) is 0 Å². The molecule has 12 heteroatoms. The van der Waals surface area contributed by atoms with Gasteiger partial charge in [-0.1, -0.05) is 89.6 Å². The van der Waals surface area contributed by atoms with Gasteiger partial charge in [-0.15, -0.1) is 0 Å². The zero-order valence-corrected chi connectivity index (χ0v) is 26.8. The Labute approximate surface area is 171 Å². The van der Waals surface area contributed by atoms with Crippen molar-refractivity contribution in [2.45, 2.75) is 78.6 Å². The molecule has 0 heterocycles. The lowest BCUT2D eigenvalue weighted by molar-refractivity contribution is -0.174. The van der Waals surface area contributed by atoms with Gasteiger partial charge >= 0.3 is 8.14 Å². The van der Waals surface area contributed by atoms with Crippen LogP contribution in [0.2, 0.25) is 78.6 Å². The van der Waals surface area contributed by atoms with Gasteiger partial charge < -0.3 is 20.1 Å². The molecule has 0 aliphatic rings. The third-order valence-corrected chi connectivity index (χ3v) is 11.1. The maximum absolute atomic E-state index is 5.49. The molecule has 0 fully saturated rings. The van der Waals surface area contributed by atoms with Crippen LogP contribution in [0.3, 0.4) is 0 Å². The van der Waals surface area contributed by atoms with E-state index in [-0.39, 0.29) is 9.84 Å². The van der Waals surface area contributed by atoms with Crippen molar-refractivity contribution >= 4 is 62.0 Å². The highest BCUT2D eigenvalue weighted by Crippen LogP contribution is 1.94. The number of nitrogens with one attached hydrogen (secondary N) is 2. The number of nitrogens with two attached hydrogens (primary N) is 2. The smallest absolute Gasteiger partial charge is 0.353 e.